The molecule has 7 aromatic carbocycles. The van der Waals surface area contributed by atoms with E-state index in [0.29, 0.717) is 86.1 Å². The molecule has 16 rings (SSSR count). The van der Waals surface area contributed by atoms with Crippen LogP contribution in [-0.2, 0) is 16.3 Å². The van der Waals surface area contributed by atoms with Crippen molar-refractivity contribution in [1.82, 2.24) is 90.5 Å². The molecule has 0 bridgehead atoms. The number of hydrogen-bond donors (Lipinski definition) is 1. The van der Waals surface area contributed by atoms with E-state index in [4.69, 9.17) is 32.7 Å². The molecule has 0 aliphatic heterocycles. The first-order valence-corrected chi connectivity index (χ1v) is 40.2. The van der Waals surface area contributed by atoms with Crippen molar-refractivity contribution in [3.63, 3.8) is 0 Å². The van der Waals surface area contributed by atoms with Crippen LogP contribution in [0.2, 0.25) is 0 Å². The zero-order valence-electron chi connectivity index (χ0n) is 67.2. The Morgan fingerprint density at radius 2 is 0.867 bits per heavy atom. The van der Waals surface area contributed by atoms with Crippen LogP contribution in [0.3, 0.4) is 0 Å². The highest BCUT2D eigenvalue weighted by atomic mass is 32.2. The molecule has 0 fully saturated rings. The number of carboxylic acids is 1. The maximum atomic E-state index is 13.9. The fourth-order valence-electron chi connectivity index (χ4n) is 12.2. The number of hydrogen-bond acceptors (Lipinski definition) is 26. The van der Waals surface area contributed by atoms with Gasteiger partial charge in [-0.1, -0.05) is 154 Å². The van der Waals surface area contributed by atoms with Crippen molar-refractivity contribution in [2.75, 3.05) is 28.2 Å². The van der Waals surface area contributed by atoms with Crippen LogP contribution in [0.25, 0.3) is 148 Å². The van der Waals surface area contributed by atoms with Gasteiger partial charge in [-0.3, -0.25) is 19.9 Å². The summed E-state index contributed by atoms with van der Waals surface area (Å²) in [5.41, 5.74) is 18.7. The molecule has 30 heteroatoms. The Morgan fingerprint density at radius 1 is 0.458 bits per heavy atom. The fourth-order valence-corrected chi connectivity index (χ4v) is 13.9. The fraction of sp³-hybridized carbons (Fsp3) is 0.167. The van der Waals surface area contributed by atoms with Crippen LogP contribution in [0.1, 0.15) is 96.5 Å². The van der Waals surface area contributed by atoms with Gasteiger partial charge in [-0.2, -0.15) is 11.3 Å². The number of alkyl halides is 2. The van der Waals surface area contributed by atoms with Gasteiger partial charge in [0.05, 0.1) is 80.5 Å². The molecule has 0 saturated heterocycles. The minimum Gasteiger partial charge on any atom is -0.474 e. The van der Waals surface area contributed by atoms with Crippen molar-refractivity contribution in [3.8, 4) is 137 Å². The minimum atomic E-state index is -3.36. The van der Waals surface area contributed by atoms with Crippen LogP contribution in [0, 0.1) is 27.7 Å². The minimum absolute atomic E-state index is 0. The Kier molecular flexibility index (Phi) is 25.8. The maximum Gasteiger partial charge on any atom is 0.393 e. The van der Waals surface area contributed by atoms with E-state index in [1.165, 1.54) is 36.2 Å². The molecule has 0 amide bonds. The number of rotatable bonds is 22. The normalized spacial score (nSPS) is 11.1. The van der Waals surface area contributed by atoms with Gasteiger partial charge in [0.15, 0.2) is 9.84 Å². The molecular weight excluding hydrogens is 1560 g/mol. The van der Waals surface area contributed by atoms with Gasteiger partial charge in [0.2, 0.25) is 17.7 Å². The molecule has 1 N–H and O–H groups in total. The van der Waals surface area contributed by atoms with Gasteiger partial charge >= 0.3 is 11.9 Å². The highest BCUT2D eigenvalue weighted by molar-refractivity contribution is 7.92. The van der Waals surface area contributed by atoms with Crippen molar-refractivity contribution in [2.45, 2.75) is 77.9 Å². The first kappa shape index (κ1) is 83.4. The summed E-state index contributed by atoms with van der Waals surface area (Å²) in [7, 11) is 4.21. The first-order valence-electron chi connectivity index (χ1n) is 37.7. The van der Waals surface area contributed by atoms with E-state index in [9.17, 15) is 22.0 Å². The van der Waals surface area contributed by atoms with Crippen molar-refractivity contribution in [3.05, 3.63) is 282 Å². The molecular formula is C90H90F2N18O8S2. The number of halogens is 2. The summed E-state index contributed by atoms with van der Waals surface area (Å²) < 4.78 is 75.1. The van der Waals surface area contributed by atoms with Crippen molar-refractivity contribution < 1.29 is 51.9 Å². The quantitative estimate of drug-likeness (QED) is 0.0658. The standard InChI is InChI=1S/C27H23N5OS.C24H21F2N5O.C22H20N4O.C17H16N4O5S.5H2/c1-17-25(29-24(15-28-17)20-11-9-19(10-12-20)18(2)32(3)4)27-31-30-26(33-27)23-8-6-5-7-22(23)21-13-14-34-16-21;1-14-21(24-30-29-23(32-24)16-8-6-5-7-9-16)28-20(13-27-14)18-11-10-17(15(2)31(3)4)12-19(18)22(25)26;1-3-9-16-10-7-8-13-18(16)19-14-23-15(2)20(24-19)22-26-25-21(27-22)17-11-5-4-6-12-17;1-9(2)27(24,25)12-6-4-11(5-7-12)13-8-18-10(3)14(19-13)15-20-21-16(26-15)17(22)23;;;;;/h5-16H,2H2,1,3-4H3;5-13,22H,2H2,1,3-4H3;4-8,10-14H,3,9H2,1-2H3;4-9H,1-3H3,(H,22,23);5*1H. The summed E-state index contributed by atoms with van der Waals surface area (Å²) in [4.78, 5) is 51.1. The first-order chi connectivity index (χ1) is 57.8. The Bertz CT molecular complexity index is 6470. The number of thiophene rings is 1. The van der Waals surface area contributed by atoms with Crippen LogP contribution < -0.4 is 0 Å². The summed E-state index contributed by atoms with van der Waals surface area (Å²) in [6, 6.07) is 56.6. The summed E-state index contributed by atoms with van der Waals surface area (Å²) in [6.45, 7) is 20.7. The van der Waals surface area contributed by atoms with Crippen LogP contribution in [0.15, 0.2) is 253 Å². The summed E-state index contributed by atoms with van der Waals surface area (Å²) in [5.74, 6) is 0.237. The van der Waals surface area contributed by atoms with E-state index < -0.39 is 33.4 Å². The summed E-state index contributed by atoms with van der Waals surface area (Å²) in [5, 5.41) is 44.8. The number of sulfone groups is 1. The van der Waals surface area contributed by atoms with Crippen LogP contribution >= 0.6 is 11.3 Å². The molecule has 9 heterocycles. The highest BCUT2D eigenvalue weighted by Gasteiger charge is 2.26. The van der Waals surface area contributed by atoms with E-state index in [2.05, 4.69) is 132 Å². The zero-order valence-corrected chi connectivity index (χ0v) is 68.8. The predicted molar refractivity (Wildman–Crippen MR) is 466 cm³/mol. The highest BCUT2D eigenvalue weighted by Crippen LogP contribution is 2.38. The Balaban J connectivity index is 0.000000205. The largest absolute Gasteiger partial charge is 0.474 e. The smallest absolute Gasteiger partial charge is 0.393 e. The zero-order chi connectivity index (χ0) is 84.9. The molecule has 0 spiro atoms. The average molecular weight is 1650 g/mol. The predicted octanol–water partition coefficient (Wildman–Crippen LogP) is 20.8. The van der Waals surface area contributed by atoms with Crippen molar-refractivity contribution in [2.24, 2.45) is 0 Å². The van der Waals surface area contributed by atoms with Gasteiger partial charge in [0, 0.05) is 91.2 Å². The molecule has 0 aliphatic rings. The van der Waals surface area contributed by atoms with Gasteiger partial charge in [-0.25, -0.2) is 41.9 Å². The molecule has 0 aliphatic carbocycles. The molecule has 16 aromatic rings. The lowest BCUT2D eigenvalue weighted by molar-refractivity contribution is 0.0654. The molecule has 0 unspecified atom stereocenters. The molecule has 0 radical (unpaired) electrons. The molecule has 614 valence electrons. The molecule has 0 atom stereocenters. The number of aryl methyl sites for hydroxylation is 5. The van der Waals surface area contributed by atoms with Gasteiger partial charge in [-0.05, 0) is 141 Å². The second-order valence-electron chi connectivity index (χ2n) is 27.9. The van der Waals surface area contributed by atoms with E-state index in [0.717, 1.165) is 85.8 Å². The average Bonchev–Trinajstić information content (AvgIpc) is 1.76. The molecule has 120 heavy (non-hydrogen) atoms. The van der Waals surface area contributed by atoms with Gasteiger partial charge < -0.3 is 32.6 Å². The van der Waals surface area contributed by atoms with E-state index in [1.54, 1.807) is 74.4 Å². The lowest BCUT2D eigenvalue weighted by Crippen LogP contribution is -2.13. The number of carboxylic acid groups (broad SMARTS) is 1. The van der Waals surface area contributed by atoms with Crippen molar-refractivity contribution >= 4 is 38.5 Å². The molecule has 9 aromatic heterocycles. The van der Waals surface area contributed by atoms with Gasteiger partial charge in [-0.15, -0.1) is 40.8 Å². The van der Waals surface area contributed by atoms with E-state index in [-0.39, 0.29) is 40.6 Å². The number of nitrogens with zero attached hydrogens (tertiary/aromatic N) is 18. The third-order valence-electron chi connectivity index (χ3n) is 18.9. The van der Waals surface area contributed by atoms with Crippen molar-refractivity contribution in [1.29, 1.82) is 0 Å². The Hall–Kier alpha value is -14.5. The lowest BCUT2D eigenvalue weighted by atomic mass is 10.00. The third kappa shape index (κ3) is 19.1. The molecule has 0 saturated carbocycles. The molecule has 26 nitrogen and oxygen atoms in total. The number of aromatic carboxylic acids is 1. The van der Waals surface area contributed by atoms with E-state index >= 15 is 0 Å². The summed E-state index contributed by atoms with van der Waals surface area (Å²) >= 11 is 1.65. The second kappa shape index (κ2) is 37.2. The monoisotopic (exact) mass is 1650 g/mol. The topological polar surface area (TPSA) is 337 Å². The SMILES string of the molecule is C=C(c1ccc(-c2cnc(C)c(-c3nnc(-c4ccccc4)o3)n2)c(C(F)F)c1)N(C)C.C=C(c1ccc(-c2cnc(C)c(-c3nnc(-c4ccccc4-c4ccsc4)o3)n2)cc1)N(C)C.CCCc1ccccc1-c1cnc(C)c(-c2nnc(-c3ccccc3)o2)n1.Cc1ncc(-c2ccc(S(=O)(=O)C(C)C)cc2)nc1-c1nnc(C(=O)O)o1.[HH].[HH].[HH].[HH].[HH]. The number of carbonyl (C=O) groups is 1. The number of aromatic nitrogens is 16. The third-order valence-corrected chi connectivity index (χ3v) is 21.8. The summed E-state index contributed by atoms with van der Waals surface area (Å²) in [6.07, 6.45) is 5.94. The lowest BCUT2D eigenvalue weighted by Gasteiger charge is -2.18. The van der Waals surface area contributed by atoms with Gasteiger partial charge in [0.25, 0.3) is 30.0 Å². The van der Waals surface area contributed by atoms with Crippen LogP contribution in [0.5, 0.6) is 0 Å². The van der Waals surface area contributed by atoms with E-state index in [1.807, 2.05) is 162 Å². The van der Waals surface area contributed by atoms with Gasteiger partial charge in [0.1, 0.15) is 22.8 Å². The maximum absolute atomic E-state index is 13.9. The van der Waals surface area contributed by atoms with Crippen LogP contribution in [0.4, 0.5) is 8.78 Å². The Labute approximate surface area is 701 Å². The van der Waals surface area contributed by atoms with Crippen LogP contribution in [-0.4, -0.2) is 143 Å². The Morgan fingerprint density at radius 3 is 1.33 bits per heavy atom. The number of benzene rings is 7. The second-order valence-corrected chi connectivity index (χ2v) is 31.2.